The maximum absolute atomic E-state index is 13.6. The SMILES string of the molecule is Cc1ccc(CN(C(=O)CSCc2cccc(Cl)c2)[C@@H](Cc2ccccc2)C(=O)NC(C)C)cc1. The normalized spacial score (nSPS) is 11.8. The molecule has 35 heavy (non-hydrogen) atoms. The van der Waals surface area contributed by atoms with Crippen LogP contribution in [-0.4, -0.2) is 34.6 Å². The lowest BCUT2D eigenvalue weighted by atomic mass is 10.0. The van der Waals surface area contributed by atoms with Gasteiger partial charge in [0.15, 0.2) is 0 Å². The van der Waals surface area contributed by atoms with Crippen LogP contribution in [0, 0.1) is 6.92 Å². The van der Waals surface area contributed by atoms with Crippen molar-refractivity contribution >= 4 is 35.2 Å². The van der Waals surface area contributed by atoms with Crippen LogP contribution in [0.3, 0.4) is 0 Å². The molecule has 184 valence electrons. The van der Waals surface area contributed by atoms with Crippen LogP contribution in [0.15, 0.2) is 78.9 Å². The average molecular weight is 509 g/mol. The number of amides is 2. The third kappa shape index (κ3) is 8.75. The van der Waals surface area contributed by atoms with Crippen molar-refractivity contribution in [2.75, 3.05) is 5.75 Å². The van der Waals surface area contributed by atoms with Gasteiger partial charge in [-0.1, -0.05) is 83.9 Å². The van der Waals surface area contributed by atoms with Gasteiger partial charge in [-0.05, 0) is 49.6 Å². The molecule has 0 saturated carbocycles. The zero-order valence-corrected chi connectivity index (χ0v) is 22.1. The lowest BCUT2D eigenvalue weighted by Crippen LogP contribution is -2.52. The molecule has 0 heterocycles. The van der Waals surface area contributed by atoms with E-state index in [4.69, 9.17) is 11.6 Å². The van der Waals surface area contributed by atoms with Crippen LogP contribution in [0.25, 0.3) is 0 Å². The Labute approximate surface area is 218 Å². The fraction of sp³-hybridized carbons (Fsp3) is 0.310. The van der Waals surface area contributed by atoms with Gasteiger partial charge >= 0.3 is 0 Å². The fourth-order valence-corrected chi connectivity index (χ4v) is 4.86. The van der Waals surface area contributed by atoms with Crippen LogP contribution >= 0.6 is 23.4 Å². The molecule has 3 aromatic rings. The highest BCUT2D eigenvalue weighted by Gasteiger charge is 2.30. The molecule has 0 aliphatic carbocycles. The van der Waals surface area contributed by atoms with Crippen molar-refractivity contribution < 1.29 is 9.59 Å². The van der Waals surface area contributed by atoms with E-state index in [0.717, 1.165) is 22.3 Å². The van der Waals surface area contributed by atoms with Crippen LogP contribution in [0.1, 0.15) is 36.1 Å². The maximum atomic E-state index is 13.6. The zero-order valence-electron chi connectivity index (χ0n) is 20.5. The number of benzene rings is 3. The van der Waals surface area contributed by atoms with E-state index in [0.29, 0.717) is 23.7 Å². The minimum Gasteiger partial charge on any atom is -0.352 e. The Morgan fingerprint density at radius 1 is 0.914 bits per heavy atom. The molecule has 3 rings (SSSR count). The molecule has 1 atom stereocenters. The number of halogens is 1. The number of nitrogens with zero attached hydrogens (tertiary/aromatic N) is 1. The molecule has 0 radical (unpaired) electrons. The third-order valence-corrected chi connectivity index (χ3v) is 6.78. The summed E-state index contributed by atoms with van der Waals surface area (Å²) in [4.78, 5) is 28.7. The van der Waals surface area contributed by atoms with Crippen molar-refractivity contribution in [2.45, 2.75) is 51.6 Å². The summed E-state index contributed by atoms with van der Waals surface area (Å²) in [6.45, 7) is 6.28. The minimum atomic E-state index is -0.611. The molecule has 0 fully saturated rings. The molecule has 4 nitrogen and oxygen atoms in total. The van der Waals surface area contributed by atoms with Crippen molar-refractivity contribution in [1.29, 1.82) is 0 Å². The van der Waals surface area contributed by atoms with Gasteiger partial charge in [0.05, 0.1) is 5.75 Å². The van der Waals surface area contributed by atoms with Gasteiger partial charge in [0.2, 0.25) is 11.8 Å². The Hall–Kier alpha value is -2.76. The highest BCUT2D eigenvalue weighted by molar-refractivity contribution is 7.99. The number of carbonyl (C=O) groups is 2. The van der Waals surface area contributed by atoms with E-state index in [9.17, 15) is 9.59 Å². The van der Waals surface area contributed by atoms with E-state index in [1.54, 1.807) is 4.90 Å². The van der Waals surface area contributed by atoms with Gasteiger partial charge in [0.1, 0.15) is 6.04 Å². The molecule has 0 bridgehead atoms. The van der Waals surface area contributed by atoms with Gasteiger partial charge in [-0.2, -0.15) is 0 Å². The molecule has 0 aromatic heterocycles. The topological polar surface area (TPSA) is 49.4 Å². The summed E-state index contributed by atoms with van der Waals surface area (Å²) >= 11 is 7.64. The van der Waals surface area contributed by atoms with E-state index < -0.39 is 6.04 Å². The largest absolute Gasteiger partial charge is 0.352 e. The van der Waals surface area contributed by atoms with E-state index >= 15 is 0 Å². The zero-order chi connectivity index (χ0) is 25.2. The van der Waals surface area contributed by atoms with Gasteiger partial charge in [0.25, 0.3) is 0 Å². The maximum Gasteiger partial charge on any atom is 0.243 e. The number of thioether (sulfide) groups is 1. The number of carbonyl (C=O) groups excluding carboxylic acids is 2. The Bertz CT molecular complexity index is 1100. The molecular formula is C29H33ClN2O2S. The summed E-state index contributed by atoms with van der Waals surface area (Å²) in [5, 5.41) is 3.71. The van der Waals surface area contributed by atoms with Crippen molar-refractivity contribution in [1.82, 2.24) is 10.2 Å². The minimum absolute atomic E-state index is 0.0192. The summed E-state index contributed by atoms with van der Waals surface area (Å²) < 4.78 is 0. The Kier molecular flexibility index (Phi) is 10.2. The summed E-state index contributed by atoms with van der Waals surface area (Å²) in [6, 6.07) is 25.0. The van der Waals surface area contributed by atoms with Crippen molar-refractivity contribution in [3.8, 4) is 0 Å². The Morgan fingerprint density at radius 2 is 1.60 bits per heavy atom. The number of aryl methyl sites for hydroxylation is 1. The quantitative estimate of drug-likeness (QED) is 0.343. The predicted octanol–water partition coefficient (Wildman–Crippen LogP) is 6.05. The van der Waals surface area contributed by atoms with Gasteiger partial charge in [-0.3, -0.25) is 9.59 Å². The summed E-state index contributed by atoms with van der Waals surface area (Å²) in [7, 11) is 0. The van der Waals surface area contributed by atoms with Crippen LogP contribution in [-0.2, 0) is 28.3 Å². The van der Waals surface area contributed by atoms with Gasteiger partial charge in [-0.15, -0.1) is 11.8 Å². The van der Waals surface area contributed by atoms with E-state index in [-0.39, 0.29) is 23.6 Å². The highest BCUT2D eigenvalue weighted by Crippen LogP contribution is 2.20. The summed E-state index contributed by atoms with van der Waals surface area (Å²) in [5.41, 5.74) is 4.24. The molecule has 2 amide bonds. The molecule has 0 saturated heterocycles. The Balaban J connectivity index is 1.84. The van der Waals surface area contributed by atoms with Gasteiger partial charge in [-0.25, -0.2) is 0 Å². The monoisotopic (exact) mass is 508 g/mol. The predicted molar refractivity (Wildman–Crippen MR) is 147 cm³/mol. The third-order valence-electron chi connectivity index (χ3n) is 5.56. The molecule has 3 aromatic carbocycles. The van der Waals surface area contributed by atoms with Crippen molar-refractivity contribution in [3.63, 3.8) is 0 Å². The first-order valence-corrected chi connectivity index (χ1v) is 13.4. The van der Waals surface area contributed by atoms with Crippen molar-refractivity contribution in [3.05, 3.63) is 106 Å². The molecule has 6 heteroatoms. The average Bonchev–Trinajstić information content (AvgIpc) is 2.82. The van der Waals surface area contributed by atoms with E-state index in [2.05, 4.69) is 5.32 Å². The second kappa shape index (κ2) is 13.4. The lowest BCUT2D eigenvalue weighted by molar-refractivity contribution is -0.139. The molecule has 0 aliphatic heterocycles. The fourth-order valence-electron chi connectivity index (χ4n) is 3.79. The molecule has 0 spiro atoms. The highest BCUT2D eigenvalue weighted by atomic mass is 35.5. The molecule has 0 unspecified atom stereocenters. The van der Waals surface area contributed by atoms with Crippen molar-refractivity contribution in [2.24, 2.45) is 0 Å². The first-order chi connectivity index (χ1) is 16.8. The first-order valence-electron chi connectivity index (χ1n) is 11.8. The smallest absolute Gasteiger partial charge is 0.243 e. The number of hydrogen-bond acceptors (Lipinski definition) is 3. The summed E-state index contributed by atoms with van der Waals surface area (Å²) in [5.74, 6) is 0.756. The first kappa shape index (κ1) is 26.8. The molecule has 1 N–H and O–H groups in total. The molecule has 0 aliphatic rings. The van der Waals surface area contributed by atoms with E-state index in [1.165, 1.54) is 11.8 Å². The number of nitrogens with one attached hydrogen (secondary N) is 1. The second-order valence-electron chi connectivity index (χ2n) is 9.00. The van der Waals surface area contributed by atoms with Crippen LogP contribution in [0.5, 0.6) is 0 Å². The number of rotatable bonds is 11. The van der Waals surface area contributed by atoms with E-state index in [1.807, 2.05) is 99.6 Å². The van der Waals surface area contributed by atoms with Crippen LogP contribution < -0.4 is 5.32 Å². The van der Waals surface area contributed by atoms with Gasteiger partial charge < -0.3 is 10.2 Å². The second-order valence-corrected chi connectivity index (χ2v) is 10.4. The molecular weight excluding hydrogens is 476 g/mol. The standard InChI is InChI=1S/C29H33ClN2O2S/c1-21(2)31-29(34)27(17-23-8-5-4-6-9-23)32(18-24-14-12-22(3)13-15-24)28(33)20-35-19-25-10-7-11-26(30)16-25/h4-16,21,27H,17-20H2,1-3H3,(H,31,34)/t27-/m0/s1. The van der Waals surface area contributed by atoms with Crippen LogP contribution in [0.2, 0.25) is 5.02 Å². The number of hydrogen-bond donors (Lipinski definition) is 1. The lowest BCUT2D eigenvalue weighted by Gasteiger charge is -2.32. The summed E-state index contributed by atoms with van der Waals surface area (Å²) in [6.07, 6.45) is 0.454. The Morgan fingerprint density at radius 3 is 2.26 bits per heavy atom. The van der Waals surface area contributed by atoms with Gasteiger partial charge in [0, 0.05) is 29.8 Å². The van der Waals surface area contributed by atoms with Crippen LogP contribution in [0.4, 0.5) is 0 Å².